The van der Waals surface area contributed by atoms with Crippen molar-refractivity contribution in [2.24, 2.45) is 10.2 Å². The Hall–Kier alpha value is -1.78. The molecule has 2 aromatic carbocycles. The van der Waals surface area contributed by atoms with Gasteiger partial charge in [-0.15, -0.1) is 5.11 Å². The standard InChI is InChI=1S/C20H24Cl2N2O2/c1-2-3-4-5-6-7-10-26-18-8-9-19(20(25)14-18)24-23-17-12-15(21)11-16(22)13-17/h8-9,11-14,25H,2-7,10H2,1H3. The van der Waals surface area contributed by atoms with Gasteiger partial charge in [-0.3, -0.25) is 0 Å². The number of aromatic hydroxyl groups is 1. The zero-order valence-electron chi connectivity index (χ0n) is 14.9. The average molecular weight is 395 g/mol. The van der Waals surface area contributed by atoms with Crippen LogP contribution in [0.25, 0.3) is 0 Å². The van der Waals surface area contributed by atoms with E-state index in [-0.39, 0.29) is 5.75 Å². The van der Waals surface area contributed by atoms with Crippen molar-refractivity contribution in [3.05, 3.63) is 46.4 Å². The molecule has 0 aliphatic heterocycles. The Labute approximate surface area is 164 Å². The lowest BCUT2D eigenvalue weighted by atomic mass is 10.1. The quantitative estimate of drug-likeness (QED) is 0.329. The fourth-order valence-electron chi connectivity index (χ4n) is 2.46. The van der Waals surface area contributed by atoms with Crippen molar-refractivity contribution in [2.45, 2.75) is 45.4 Å². The minimum absolute atomic E-state index is 0.0160. The Balaban J connectivity index is 1.85. The summed E-state index contributed by atoms with van der Waals surface area (Å²) >= 11 is 11.9. The monoisotopic (exact) mass is 394 g/mol. The van der Waals surface area contributed by atoms with Crippen molar-refractivity contribution in [2.75, 3.05) is 6.61 Å². The van der Waals surface area contributed by atoms with Gasteiger partial charge in [0.05, 0.1) is 12.3 Å². The van der Waals surface area contributed by atoms with Crippen LogP contribution in [-0.2, 0) is 0 Å². The van der Waals surface area contributed by atoms with Gasteiger partial charge in [0.1, 0.15) is 17.2 Å². The zero-order chi connectivity index (χ0) is 18.8. The van der Waals surface area contributed by atoms with Gasteiger partial charge in [-0.2, -0.15) is 5.11 Å². The van der Waals surface area contributed by atoms with Crippen LogP contribution in [0.1, 0.15) is 45.4 Å². The second kappa shape index (κ2) is 11.0. The number of azo groups is 1. The van der Waals surface area contributed by atoms with Gasteiger partial charge in [0.25, 0.3) is 0 Å². The van der Waals surface area contributed by atoms with Gasteiger partial charge in [-0.1, -0.05) is 62.2 Å². The summed E-state index contributed by atoms with van der Waals surface area (Å²) in [6.07, 6.45) is 7.27. The van der Waals surface area contributed by atoms with Crippen molar-refractivity contribution in [3.8, 4) is 11.5 Å². The second-order valence-corrected chi connectivity index (χ2v) is 6.97. The van der Waals surface area contributed by atoms with E-state index in [1.54, 1.807) is 36.4 Å². The molecule has 0 unspecified atom stereocenters. The molecule has 0 saturated heterocycles. The first-order valence-corrected chi connectivity index (χ1v) is 9.67. The minimum Gasteiger partial charge on any atom is -0.505 e. The predicted molar refractivity (Wildman–Crippen MR) is 108 cm³/mol. The highest BCUT2D eigenvalue weighted by molar-refractivity contribution is 6.35. The van der Waals surface area contributed by atoms with Crippen LogP contribution in [0.4, 0.5) is 11.4 Å². The van der Waals surface area contributed by atoms with Crippen molar-refractivity contribution in [3.63, 3.8) is 0 Å². The number of hydrogen-bond acceptors (Lipinski definition) is 4. The van der Waals surface area contributed by atoms with E-state index in [0.29, 0.717) is 33.8 Å². The Kier molecular flexibility index (Phi) is 8.72. The summed E-state index contributed by atoms with van der Waals surface area (Å²) in [5, 5.41) is 19.1. The summed E-state index contributed by atoms with van der Waals surface area (Å²) in [4.78, 5) is 0. The first-order valence-electron chi connectivity index (χ1n) is 8.92. The molecule has 1 N–H and O–H groups in total. The highest BCUT2D eigenvalue weighted by Crippen LogP contribution is 2.33. The van der Waals surface area contributed by atoms with E-state index in [4.69, 9.17) is 27.9 Å². The van der Waals surface area contributed by atoms with Gasteiger partial charge in [0, 0.05) is 16.1 Å². The van der Waals surface area contributed by atoms with Gasteiger partial charge in [0.2, 0.25) is 0 Å². The Morgan fingerprint density at radius 2 is 1.58 bits per heavy atom. The molecule has 0 spiro atoms. The van der Waals surface area contributed by atoms with Gasteiger partial charge in [0.15, 0.2) is 0 Å². The Bertz CT molecular complexity index is 715. The number of hydrogen-bond donors (Lipinski definition) is 1. The van der Waals surface area contributed by atoms with Crippen molar-refractivity contribution < 1.29 is 9.84 Å². The van der Waals surface area contributed by atoms with Crippen molar-refractivity contribution in [1.82, 2.24) is 0 Å². The van der Waals surface area contributed by atoms with E-state index < -0.39 is 0 Å². The molecule has 0 bridgehead atoms. The Morgan fingerprint density at radius 3 is 2.27 bits per heavy atom. The first-order chi connectivity index (χ1) is 12.6. The molecule has 0 amide bonds. The maximum Gasteiger partial charge on any atom is 0.146 e. The van der Waals surface area contributed by atoms with Crippen LogP contribution in [0.5, 0.6) is 11.5 Å². The molecule has 4 nitrogen and oxygen atoms in total. The molecule has 6 heteroatoms. The second-order valence-electron chi connectivity index (χ2n) is 6.09. The molecule has 0 atom stereocenters. The van der Waals surface area contributed by atoms with Crippen LogP contribution >= 0.6 is 23.2 Å². The number of phenolic OH excluding ortho intramolecular Hbond substituents is 1. The fraction of sp³-hybridized carbons (Fsp3) is 0.400. The van der Waals surface area contributed by atoms with Crippen molar-refractivity contribution in [1.29, 1.82) is 0 Å². The maximum absolute atomic E-state index is 10.1. The lowest BCUT2D eigenvalue weighted by molar-refractivity contribution is 0.303. The van der Waals surface area contributed by atoms with Crippen LogP contribution in [0.3, 0.4) is 0 Å². The third-order valence-corrected chi connectivity index (χ3v) is 4.27. The summed E-state index contributed by atoms with van der Waals surface area (Å²) in [6, 6.07) is 9.90. The normalized spacial score (nSPS) is 11.2. The van der Waals surface area contributed by atoms with Crippen molar-refractivity contribution >= 4 is 34.6 Å². The molecular formula is C20H24Cl2N2O2. The molecule has 140 valence electrons. The SMILES string of the molecule is CCCCCCCCOc1ccc(N=Nc2cc(Cl)cc(Cl)c2)c(O)c1. The smallest absolute Gasteiger partial charge is 0.146 e. The number of halogens is 2. The van der Waals surface area contributed by atoms with E-state index in [1.807, 2.05) is 0 Å². The zero-order valence-corrected chi connectivity index (χ0v) is 16.4. The molecular weight excluding hydrogens is 371 g/mol. The molecule has 0 aliphatic carbocycles. The molecule has 2 aromatic rings. The molecule has 0 heterocycles. The third kappa shape index (κ3) is 7.22. The summed E-state index contributed by atoms with van der Waals surface area (Å²) in [7, 11) is 0. The minimum atomic E-state index is 0.0160. The molecule has 0 aromatic heterocycles. The molecule has 0 aliphatic rings. The lowest BCUT2D eigenvalue weighted by Gasteiger charge is -2.07. The average Bonchev–Trinajstić information content (AvgIpc) is 2.59. The van der Waals surface area contributed by atoms with Crippen LogP contribution < -0.4 is 4.74 Å². The van der Waals surface area contributed by atoms with E-state index in [0.717, 1.165) is 6.42 Å². The largest absolute Gasteiger partial charge is 0.505 e. The third-order valence-electron chi connectivity index (χ3n) is 3.83. The van der Waals surface area contributed by atoms with E-state index in [1.165, 1.54) is 32.1 Å². The van der Waals surface area contributed by atoms with Crippen LogP contribution in [0.2, 0.25) is 10.0 Å². The summed E-state index contributed by atoms with van der Waals surface area (Å²) in [6.45, 7) is 2.86. The number of rotatable bonds is 10. The van der Waals surface area contributed by atoms with E-state index in [2.05, 4.69) is 17.2 Å². The topological polar surface area (TPSA) is 54.2 Å². The molecule has 2 rings (SSSR count). The number of benzene rings is 2. The summed E-state index contributed by atoms with van der Waals surface area (Å²) in [5.74, 6) is 0.642. The molecule has 0 radical (unpaired) electrons. The van der Waals surface area contributed by atoms with Gasteiger partial charge in [-0.05, 0) is 36.8 Å². The molecule has 0 fully saturated rings. The highest BCUT2D eigenvalue weighted by atomic mass is 35.5. The van der Waals surface area contributed by atoms with E-state index >= 15 is 0 Å². The van der Waals surface area contributed by atoms with Crippen LogP contribution in [0.15, 0.2) is 46.6 Å². The van der Waals surface area contributed by atoms with Crippen LogP contribution in [-0.4, -0.2) is 11.7 Å². The number of nitrogens with zero attached hydrogens (tertiary/aromatic N) is 2. The summed E-state index contributed by atoms with van der Waals surface area (Å²) in [5.41, 5.74) is 0.873. The van der Waals surface area contributed by atoms with Gasteiger partial charge in [-0.25, -0.2) is 0 Å². The highest BCUT2D eigenvalue weighted by Gasteiger charge is 2.04. The first kappa shape index (κ1) is 20.5. The summed E-state index contributed by atoms with van der Waals surface area (Å²) < 4.78 is 5.68. The molecule has 26 heavy (non-hydrogen) atoms. The Morgan fingerprint density at radius 1 is 0.885 bits per heavy atom. The number of phenols is 1. The number of unbranched alkanes of at least 4 members (excludes halogenated alkanes) is 5. The lowest BCUT2D eigenvalue weighted by Crippen LogP contribution is -1.97. The predicted octanol–water partition coefficient (Wildman–Crippen LogP) is 7.85. The van der Waals surface area contributed by atoms with Gasteiger partial charge >= 0.3 is 0 Å². The molecule has 0 saturated carbocycles. The fourth-order valence-corrected chi connectivity index (χ4v) is 2.97. The van der Waals surface area contributed by atoms with Gasteiger partial charge < -0.3 is 9.84 Å². The van der Waals surface area contributed by atoms with E-state index in [9.17, 15) is 5.11 Å². The van der Waals surface area contributed by atoms with Crippen LogP contribution in [0, 0.1) is 0 Å². The number of ether oxygens (including phenoxy) is 1. The maximum atomic E-state index is 10.1.